The van der Waals surface area contributed by atoms with Crippen LogP contribution in [0.15, 0.2) is 15.3 Å². The predicted molar refractivity (Wildman–Crippen MR) is 47.2 cm³/mol. The van der Waals surface area contributed by atoms with Crippen LogP contribution in [-0.4, -0.2) is 6.54 Å². The summed E-state index contributed by atoms with van der Waals surface area (Å²) >= 11 is 0. The zero-order valence-electron chi connectivity index (χ0n) is 7.39. The van der Waals surface area contributed by atoms with E-state index in [1.54, 1.807) is 6.92 Å². The van der Waals surface area contributed by atoms with Gasteiger partial charge in [0.05, 0.1) is 0 Å². The van der Waals surface area contributed by atoms with Crippen LogP contribution in [0.2, 0.25) is 0 Å². The molecule has 0 bridgehead atoms. The molecule has 0 saturated heterocycles. The molecule has 3 nitrogen and oxygen atoms in total. The molecule has 0 atom stereocenters. The van der Waals surface area contributed by atoms with E-state index in [0.717, 1.165) is 17.5 Å². The first kappa shape index (κ1) is 9.00. The van der Waals surface area contributed by atoms with Crippen molar-refractivity contribution in [1.29, 1.82) is 0 Å². The second-order valence-corrected chi connectivity index (χ2v) is 2.82. The van der Waals surface area contributed by atoms with E-state index >= 15 is 0 Å². The van der Waals surface area contributed by atoms with Crippen LogP contribution < -0.4 is 11.4 Å². The van der Waals surface area contributed by atoms with Gasteiger partial charge in [0, 0.05) is 6.07 Å². The minimum atomic E-state index is -0.286. The number of nitrogens with two attached hydrogens (primary N) is 1. The van der Waals surface area contributed by atoms with Gasteiger partial charge in [0.2, 0.25) is 0 Å². The van der Waals surface area contributed by atoms with Gasteiger partial charge in [-0.3, -0.25) is 0 Å². The molecule has 12 heavy (non-hydrogen) atoms. The van der Waals surface area contributed by atoms with E-state index in [2.05, 4.69) is 0 Å². The average Bonchev–Trinajstić information content (AvgIpc) is 1.96. The molecule has 1 rings (SSSR count). The Morgan fingerprint density at radius 1 is 1.50 bits per heavy atom. The molecule has 0 unspecified atom stereocenters. The molecule has 0 amide bonds. The summed E-state index contributed by atoms with van der Waals surface area (Å²) < 4.78 is 4.93. The Bertz CT molecular complexity index is 302. The van der Waals surface area contributed by atoms with Gasteiger partial charge in [-0.05, 0) is 37.9 Å². The highest BCUT2D eigenvalue weighted by atomic mass is 16.4. The molecule has 0 spiro atoms. The van der Waals surface area contributed by atoms with E-state index in [1.807, 2.05) is 6.92 Å². The zero-order chi connectivity index (χ0) is 9.14. The lowest BCUT2D eigenvalue weighted by atomic mass is 10.1. The molecule has 0 fully saturated rings. The van der Waals surface area contributed by atoms with Gasteiger partial charge in [0.25, 0.3) is 0 Å². The van der Waals surface area contributed by atoms with Crippen molar-refractivity contribution in [2.75, 3.05) is 6.54 Å². The monoisotopic (exact) mass is 167 g/mol. The van der Waals surface area contributed by atoms with E-state index in [-0.39, 0.29) is 5.63 Å². The fourth-order valence-corrected chi connectivity index (χ4v) is 1.30. The van der Waals surface area contributed by atoms with E-state index < -0.39 is 0 Å². The van der Waals surface area contributed by atoms with Gasteiger partial charge in [0.15, 0.2) is 0 Å². The molecular formula is C9H13NO2. The van der Waals surface area contributed by atoms with Gasteiger partial charge in [-0.25, -0.2) is 4.79 Å². The van der Waals surface area contributed by atoms with Gasteiger partial charge in [-0.1, -0.05) is 0 Å². The molecule has 1 aromatic heterocycles. The Morgan fingerprint density at radius 3 is 2.67 bits per heavy atom. The summed E-state index contributed by atoms with van der Waals surface area (Å²) in [5.41, 5.74) is 7.15. The summed E-state index contributed by atoms with van der Waals surface area (Å²) in [4.78, 5) is 10.9. The number of hydrogen-bond donors (Lipinski definition) is 1. The molecule has 0 aliphatic rings. The molecule has 3 heteroatoms. The van der Waals surface area contributed by atoms with Crippen LogP contribution in [0.4, 0.5) is 0 Å². The smallest absolute Gasteiger partial charge is 0.336 e. The van der Waals surface area contributed by atoms with E-state index in [1.165, 1.54) is 6.07 Å². The lowest BCUT2D eigenvalue weighted by molar-refractivity contribution is 0.470. The Balaban J connectivity index is 3.18. The number of aryl methyl sites for hydroxylation is 2. The Labute approximate surface area is 71.2 Å². The summed E-state index contributed by atoms with van der Waals surface area (Å²) in [7, 11) is 0. The average molecular weight is 167 g/mol. The summed E-state index contributed by atoms with van der Waals surface area (Å²) in [5.74, 6) is 0.686. The van der Waals surface area contributed by atoms with Gasteiger partial charge in [-0.15, -0.1) is 0 Å². The van der Waals surface area contributed by atoms with Gasteiger partial charge < -0.3 is 10.2 Å². The highest BCUT2D eigenvalue weighted by Crippen LogP contribution is 2.10. The van der Waals surface area contributed by atoms with Crippen LogP contribution in [0.25, 0.3) is 0 Å². The molecule has 0 aromatic carbocycles. The van der Waals surface area contributed by atoms with Crippen molar-refractivity contribution in [3.05, 3.63) is 33.4 Å². The lowest BCUT2D eigenvalue weighted by Crippen LogP contribution is -2.09. The highest BCUT2D eigenvalue weighted by molar-refractivity contribution is 5.26. The molecule has 1 aromatic rings. The van der Waals surface area contributed by atoms with E-state index in [9.17, 15) is 4.79 Å². The molecule has 66 valence electrons. The minimum absolute atomic E-state index is 0.286. The fourth-order valence-electron chi connectivity index (χ4n) is 1.30. The normalized spacial score (nSPS) is 10.2. The zero-order valence-corrected chi connectivity index (χ0v) is 7.39. The predicted octanol–water partition coefficient (Wildman–Crippen LogP) is 0.758. The molecule has 0 aliphatic heterocycles. The van der Waals surface area contributed by atoms with Crippen molar-refractivity contribution in [3.63, 3.8) is 0 Å². The molecular weight excluding hydrogens is 154 g/mol. The summed E-state index contributed by atoms with van der Waals surface area (Å²) in [5, 5.41) is 0. The maximum absolute atomic E-state index is 10.9. The quantitative estimate of drug-likeness (QED) is 0.707. The van der Waals surface area contributed by atoms with E-state index in [4.69, 9.17) is 10.2 Å². The Hall–Kier alpha value is -1.09. The molecule has 0 saturated carbocycles. The first-order valence-electron chi connectivity index (χ1n) is 3.95. The van der Waals surface area contributed by atoms with Crippen LogP contribution in [0.1, 0.15) is 16.9 Å². The molecule has 1 heterocycles. The molecule has 0 aliphatic carbocycles. The number of rotatable bonds is 2. The Morgan fingerprint density at radius 2 is 2.17 bits per heavy atom. The first-order valence-corrected chi connectivity index (χ1v) is 3.95. The van der Waals surface area contributed by atoms with Crippen molar-refractivity contribution < 1.29 is 4.42 Å². The summed E-state index contributed by atoms with van der Waals surface area (Å²) in [6.45, 7) is 4.27. The summed E-state index contributed by atoms with van der Waals surface area (Å²) in [6, 6.07) is 1.50. The van der Waals surface area contributed by atoms with Crippen molar-refractivity contribution in [1.82, 2.24) is 0 Å². The van der Waals surface area contributed by atoms with Crippen LogP contribution in [0.5, 0.6) is 0 Å². The Kier molecular flexibility index (Phi) is 2.65. The molecule has 0 radical (unpaired) electrons. The van der Waals surface area contributed by atoms with Crippen LogP contribution >= 0.6 is 0 Å². The summed E-state index contributed by atoms with van der Waals surface area (Å²) in [6.07, 6.45) is 0.765. The van der Waals surface area contributed by atoms with Gasteiger partial charge in [-0.2, -0.15) is 0 Å². The largest absolute Gasteiger partial charge is 0.428 e. The van der Waals surface area contributed by atoms with Crippen molar-refractivity contribution in [2.45, 2.75) is 20.3 Å². The fraction of sp³-hybridized carbons (Fsp3) is 0.444. The SMILES string of the molecule is Cc1cc(=O)oc(C)c1CCN. The maximum atomic E-state index is 10.9. The van der Waals surface area contributed by atoms with Crippen molar-refractivity contribution in [3.8, 4) is 0 Å². The second kappa shape index (κ2) is 3.54. The third kappa shape index (κ3) is 1.74. The van der Waals surface area contributed by atoms with Crippen molar-refractivity contribution >= 4 is 0 Å². The minimum Gasteiger partial charge on any atom is -0.428 e. The third-order valence-corrected chi connectivity index (χ3v) is 1.88. The van der Waals surface area contributed by atoms with Gasteiger partial charge >= 0.3 is 5.63 Å². The highest BCUT2D eigenvalue weighted by Gasteiger charge is 2.04. The van der Waals surface area contributed by atoms with Crippen LogP contribution in [0.3, 0.4) is 0 Å². The second-order valence-electron chi connectivity index (χ2n) is 2.82. The van der Waals surface area contributed by atoms with Crippen molar-refractivity contribution in [2.24, 2.45) is 5.73 Å². The standard InChI is InChI=1S/C9H13NO2/c1-6-5-9(11)12-7(2)8(6)3-4-10/h5H,3-4,10H2,1-2H3. The lowest BCUT2D eigenvalue weighted by Gasteiger charge is -2.05. The molecule has 2 N–H and O–H groups in total. The topological polar surface area (TPSA) is 56.2 Å². The van der Waals surface area contributed by atoms with Gasteiger partial charge in [0.1, 0.15) is 5.76 Å². The maximum Gasteiger partial charge on any atom is 0.336 e. The van der Waals surface area contributed by atoms with Crippen LogP contribution in [0, 0.1) is 13.8 Å². The first-order chi connectivity index (χ1) is 5.65. The number of hydrogen-bond acceptors (Lipinski definition) is 3. The van der Waals surface area contributed by atoms with E-state index in [0.29, 0.717) is 12.3 Å². The van der Waals surface area contributed by atoms with Crippen LogP contribution in [-0.2, 0) is 6.42 Å². The third-order valence-electron chi connectivity index (χ3n) is 1.88.